The van der Waals surface area contributed by atoms with Crippen molar-refractivity contribution in [1.82, 2.24) is 20.1 Å². The van der Waals surface area contributed by atoms with E-state index in [1.807, 2.05) is 30.1 Å². The second-order valence-electron chi connectivity index (χ2n) is 6.11. The molecule has 2 rings (SSSR count). The topological polar surface area (TPSA) is 44.6 Å². The summed E-state index contributed by atoms with van der Waals surface area (Å²) in [5, 5.41) is 6.33. The lowest BCUT2D eigenvalue weighted by Gasteiger charge is -2.26. The van der Waals surface area contributed by atoms with Crippen molar-refractivity contribution in [3.8, 4) is 0 Å². The highest BCUT2D eigenvalue weighted by Crippen LogP contribution is 2.23. The van der Waals surface area contributed by atoms with Gasteiger partial charge in [-0.3, -0.25) is 4.99 Å². The Labute approximate surface area is 147 Å². The first-order valence-electron chi connectivity index (χ1n) is 8.08. The third-order valence-electron chi connectivity index (χ3n) is 4.00. The molecule has 0 bridgehead atoms. The minimum atomic E-state index is -0.548. The number of aryl methyl sites for hydroxylation is 1. The molecule has 1 aromatic heterocycles. The zero-order valence-corrected chi connectivity index (χ0v) is 15.1. The fourth-order valence-corrected chi connectivity index (χ4v) is 2.64. The monoisotopic (exact) mass is 349 g/mol. The summed E-state index contributed by atoms with van der Waals surface area (Å²) >= 11 is 0. The Kier molecular flexibility index (Phi) is 6.52. The predicted molar refractivity (Wildman–Crippen MR) is 96.4 cm³/mol. The van der Waals surface area contributed by atoms with E-state index < -0.39 is 17.7 Å². The number of likely N-dealkylation sites (N-methyl/N-ethyl adjacent to an activating group) is 1. The van der Waals surface area contributed by atoms with Crippen LogP contribution in [0.5, 0.6) is 0 Å². The summed E-state index contributed by atoms with van der Waals surface area (Å²) in [4.78, 5) is 5.94. The van der Waals surface area contributed by atoms with Crippen molar-refractivity contribution in [2.24, 2.45) is 12.0 Å². The number of aromatic nitrogens is 1. The van der Waals surface area contributed by atoms with Gasteiger partial charge in [-0.05, 0) is 37.9 Å². The molecule has 0 spiro atoms. The molecule has 25 heavy (non-hydrogen) atoms. The number of guanidine groups is 1. The van der Waals surface area contributed by atoms with Crippen molar-refractivity contribution in [2.75, 3.05) is 27.7 Å². The molecule has 1 unspecified atom stereocenters. The minimum Gasteiger partial charge on any atom is -0.357 e. The van der Waals surface area contributed by atoms with Crippen LogP contribution in [0.3, 0.4) is 0 Å². The van der Waals surface area contributed by atoms with Gasteiger partial charge in [-0.15, -0.1) is 0 Å². The second kappa shape index (κ2) is 8.62. The molecule has 0 aliphatic carbocycles. The largest absolute Gasteiger partial charge is 0.357 e. The van der Waals surface area contributed by atoms with Gasteiger partial charge in [0.15, 0.2) is 5.96 Å². The minimum absolute atomic E-state index is 0.0542. The number of nitrogens with one attached hydrogen (secondary N) is 2. The molecule has 0 amide bonds. The lowest BCUT2D eigenvalue weighted by molar-refractivity contribution is 0.282. The van der Waals surface area contributed by atoms with E-state index in [0.717, 1.165) is 5.56 Å². The third-order valence-corrected chi connectivity index (χ3v) is 4.00. The second-order valence-corrected chi connectivity index (χ2v) is 6.11. The van der Waals surface area contributed by atoms with Crippen molar-refractivity contribution >= 4 is 5.96 Å². The Balaban J connectivity index is 2.02. The molecule has 1 atom stereocenters. The van der Waals surface area contributed by atoms with E-state index in [0.29, 0.717) is 19.0 Å². The van der Waals surface area contributed by atoms with Crippen LogP contribution in [0.1, 0.15) is 17.2 Å². The van der Waals surface area contributed by atoms with Crippen LogP contribution in [0, 0.1) is 11.6 Å². The zero-order valence-electron chi connectivity index (χ0n) is 15.1. The Bertz CT molecular complexity index is 704. The fraction of sp³-hybridized carbons (Fsp3) is 0.389. The quantitative estimate of drug-likeness (QED) is 0.621. The van der Waals surface area contributed by atoms with Gasteiger partial charge in [0, 0.05) is 45.1 Å². The molecule has 1 heterocycles. The van der Waals surface area contributed by atoms with E-state index in [4.69, 9.17) is 0 Å². The molecule has 0 saturated heterocycles. The van der Waals surface area contributed by atoms with Gasteiger partial charge in [0.25, 0.3) is 0 Å². The molecule has 1 aromatic carbocycles. The highest BCUT2D eigenvalue weighted by molar-refractivity contribution is 5.79. The first-order chi connectivity index (χ1) is 11.9. The van der Waals surface area contributed by atoms with Crippen molar-refractivity contribution in [2.45, 2.75) is 12.6 Å². The summed E-state index contributed by atoms with van der Waals surface area (Å²) < 4.78 is 30.2. The van der Waals surface area contributed by atoms with Crippen LogP contribution < -0.4 is 10.6 Å². The summed E-state index contributed by atoms with van der Waals surface area (Å²) in [6.45, 7) is 0.931. The van der Waals surface area contributed by atoms with Crippen molar-refractivity contribution in [3.05, 3.63) is 59.4 Å². The van der Waals surface area contributed by atoms with Gasteiger partial charge < -0.3 is 20.1 Å². The number of halogens is 2. The Morgan fingerprint density at radius 3 is 2.40 bits per heavy atom. The van der Waals surface area contributed by atoms with Gasteiger partial charge in [-0.2, -0.15) is 0 Å². The first-order valence-corrected chi connectivity index (χ1v) is 8.08. The molecule has 0 radical (unpaired) electrons. The van der Waals surface area contributed by atoms with Gasteiger partial charge in [0.1, 0.15) is 11.6 Å². The maximum Gasteiger partial charge on any atom is 0.191 e. The molecule has 136 valence electrons. The van der Waals surface area contributed by atoms with Crippen LogP contribution in [-0.4, -0.2) is 43.1 Å². The molecular weight excluding hydrogens is 324 g/mol. The molecule has 0 aliphatic heterocycles. The van der Waals surface area contributed by atoms with Gasteiger partial charge in [-0.25, -0.2) is 8.78 Å². The SMILES string of the molecule is CN=C(NCc1ccn(C)c1)NCC(c1c(F)cccc1F)N(C)C. The summed E-state index contributed by atoms with van der Waals surface area (Å²) in [6.07, 6.45) is 3.98. The summed E-state index contributed by atoms with van der Waals surface area (Å²) in [5.41, 5.74) is 1.17. The highest BCUT2D eigenvalue weighted by Gasteiger charge is 2.22. The highest BCUT2D eigenvalue weighted by atomic mass is 19.1. The van der Waals surface area contributed by atoms with Crippen molar-refractivity contribution in [3.63, 3.8) is 0 Å². The molecule has 2 N–H and O–H groups in total. The smallest absolute Gasteiger partial charge is 0.191 e. The van der Waals surface area contributed by atoms with Crippen molar-refractivity contribution < 1.29 is 8.78 Å². The zero-order chi connectivity index (χ0) is 18.4. The lowest BCUT2D eigenvalue weighted by atomic mass is 10.0. The van der Waals surface area contributed by atoms with E-state index >= 15 is 0 Å². The molecule has 7 heteroatoms. The van der Waals surface area contributed by atoms with Crippen LogP contribution in [0.4, 0.5) is 8.78 Å². The maximum absolute atomic E-state index is 14.1. The molecular formula is C18H25F2N5. The Morgan fingerprint density at radius 2 is 1.88 bits per heavy atom. The normalized spacial score (nSPS) is 13.2. The van der Waals surface area contributed by atoms with E-state index in [1.54, 1.807) is 26.0 Å². The number of hydrogen-bond donors (Lipinski definition) is 2. The van der Waals surface area contributed by atoms with Crippen LogP contribution in [-0.2, 0) is 13.6 Å². The molecule has 0 fully saturated rings. The number of rotatable bonds is 6. The number of aliphatic imine (C=N–C) groups is 1. The average molecular weight is 349 g/mol. The number of benzene rings is 1. The van der Waals surface area contributed by atoms with Gasteiger partial charge in [-0.1, -0.05) is 6.07 Å². The Morgan fingerprint density at radius 1 is 1.20 bits per heavy atom. The molecule has 0 saturated carbocycles. The maximum atomic E-state index is 14.1. The standard InChI is InChI=1S/C18H25F2N5/c1-21-18(22-10-13-8-9-25(4)12-13)23-11-16(24(2)3)17-14(19)6-5-7-15(17)20/h5-9,12,16H,10-11H2,1-4H3,(H2,21,22,23). The predicted octanol–water partition coefficient (Wildman–Crippen LogP) is 2.27. The lowest BCUT2D eigenvalue weighted by Crippen LogP contribution is -2.41. The van der Waals surface area contributed by atoms with E-state index in [-0.39, 0.29) is 5.56 Å². The molecule has 2 aromatic rings. The van der Waals surface area contributed by atoms with E-state index in [2.05, 4.69) is 15.6 Å². The average Bonchev–Trinajstić information content (AvgIpc) is 2.98. The number of nitrogens with zero attached hydrogens (tertiary/aromatic N) is 3. The Hall–Kier alpha value is -2.41. The van der Waals surface area contributed by atoms with Crippen molar-refractivity contribution in [1.29, 1.82) is 0 Å². The summed E-state index contributed by atoms with van der Waals surface area (Å²) in [6, 6.07) is 5.47. The molecule has 0 aliphatic rings. The summed E-state index contributed by atoms with van der Waals surface area (Å²) in [5.74, 6) is -0.520. The van der Waals surface area contributed by atoms with Gasteiger partial charge in [0.2, 0.25) is 0 Å². The van der Waals surface area contributed by atoms with Crippen LogP contribution >= 0.6 is 0 Å². The van der Waals surface area contributed by atoms with Crippen LogP contribution in [0.25, 0.3) is 0 Å². The molecule has 5 nitrogen and oxygen atoms in total. The van der Waals surface area contributed by atoms with Crippen LogP contribution in [0.2, 0.25) is 0 Å². The third kappa shape index (κ3) is 5.03. The fourth-order valence-electron chi connectivity index (χ4n) is 2.64. The number of hydrogen-bond acceptors (Lipinski definition) is 2. The van der Waals surface area contributed by atoms with Crippen LogP contribution in [0.15, 0.2) is 41.7 Å². The van der Waals surface area contributed by atoms with E-state index in [1.165, 1.54) is 18.2 Å². The van der Waals surface area contributed by atoms with Gasteiger partial charge >= 0.3 is 0 Å². The van der Waals surface area contributed by atoms with E-state index in [9.17, 15) is 8.78 Å². The first kappa shape index (κ1) is 18.9. The summed E-state index contributed by atoms with van der Waals surface area (Å²) in [7, 11) is 7.20. The van der Waals surface area contributed by atoms with Gasteiger partial charge in [0.05, 0.1) is 6.04 Å².